The van der Waals surface area contributed by atoms with Gasteiger partial charge in [0.15, 0.2) is 5.78 Å². The van der Waals surface area contributed by atoms with Crippen molar-refractivity contribution in [1.82, 2.24) is 0 Å². The molecule has 0 fully saturated rings. The first-order valence-electron chi connectivity index (χ1n) is 7.94. The molecule has 0 bridgehead atoms. The first kappa shape index (κ1) is 16.9. The van der Waals surface area contributed by atoms with Gasteiger partial charge in [-0.2, -0.15) is 0 Å². The molecule has 0 N–H and O–H groups in total. The summed E-state index contributed by atoms with van der Waals surface area (Å²) in [5.41, 5.74) is 1.10. The fourth-order valence-corrected chi connectivity index (χ4v) is 2.40. The van der Waals surface area contributed by atoms with Crippen molar-refractivity contribution in [2.45, 2.75) is 71.6 Å². The molecule has 0 heterocycles. The first-order valence-corrected chi connectivity index (χ1v) is 7.94. The largest absolute Gasteiger partial charge is 0.294 e. The van der Waals surface area contributed by atoms with Crippen molar-refractivity contribution in [2.24, 2.45) is 0 Å². The maximum Gasteiger partial charge on any atom is 0.165 e. The topological polar surface area (TPSA) is 17.1 Å². The Kier molecular flexibility index (Phi) is 8.17. The maximum absolute atomic E-state index is 13.6. The van der Waals surface area contributed by atoms with E-state index in [1.54, 1.807) is 12.1 Å². The molecule has 0 spiro atoms. The number of hydrogen-bond acceptors (Lipinski definition) is 1. The summed E-state index contributed by atoms with van der Waals surface area (Å²) in [5.74, 6) is -0.442. The Morgan fingerprint density at radius 3 is 2.20 bits per heavy atom. The van der Waals surface area contributed by atoms with Crippen molar-refractivity contribution in [3.8, 4) is 0 Å². The van der Waals surface area contributed by atoms with Crippen LogP contribution < -0.4 is 0 Å². The first-order chi connectivity index (χ1) is 9.65. The molecule has 1 nitrogen and oxygen atoms in total. The third kappa shape index (κ3) is 6.31. The van der Waals surface area contributed by atoms with Gasteiger partial charge in [-0.25, -0.2) is 4.39 Å². The molecule has 20 heavy (non-hydrogen) atoms. The molecule has 0 aliphatic rings. The number of Topliss-reactive ketones (excluding diaryl/α,β-unsaturated/α-hetero) is 1. The van der Waals surface area contributed by atoms with Crippen molar-refractivity contribution < 1.29 is 9.18 Å². The summed E-state index contributed by atoms with van der Waals surface area (Å²) in [7, 11) is 0. The highest BCUT2D eigenvalue weighted by molar-refractivity contribution is 5.96. The summed E-state index contributed by atoms with van der Waals surface area (Å²) in [6.07, 6.45) is 10.1. The summed E-state index contributed by atoms with van der Waals surface area (Å²) >= 11 is 0. The zero-order valence-electron chi connectivity index (χ0n) is 12.9. The minimum Gasteiger partial charge on any atom is -0.294 e. The van der Waals surface area contributed by atoms with E-state index in [4.69, 9.17) is 0 Å². The SMILES string of the molecule is CCCCCCCCCCC(=O)c1ccc(C)cc1F. The van der Waals surface area contributed by atoms with E-state index < -0.39 is 0 Å². The number of carbonyl (C=O) groups excluding carboxylic acids is 1. The van der Waals surface area contributed by atoms with E-state index in [0.717, 1.165) is 18.4 Å². The van der Waals surface area contributed by atoms with Crippen LogP contribution in [0.3, 0.4) is 0 Å². The van der Waals surface area contributed by atoms with Crippen LogP contribution in [0.4, 0.5) is 4.39 Å². The number of carbonyl (C=O) groups is 1. The standard InChI is InChI=1S/C18H27FO/c1-3-4-5-6-7-8-9-10-11-18(20)16-13-12-15(2)14-17(16)19/h12-14H,3-11H2,1-2H3. The van der Waals surface area contributed by atoms with Gasteiger partial charge in [0.25, 0.3) is 0 Å². The van der Waals surface area contributed by atoms with Crippen LogP contribution in [0.1, 0.15) is 80.6 Å². The third-order valence-corrected chi connectivity index (χ3v) is 3.68. The van der Waals surface area contributed by atoms with Crippen LogP contribution in [-0.2, 0) is 0 Å². The van der Waals surface area contributed by atoms with Crippen LogP contribution in [-0.4, -0.2) is 5.78 Å². The normalized spacial score (nSPS) is 10.8. The van der Waals surface area contributed by atoms with Crippen LogP contribution in [0.15, 0.2) is 18.2 Å². The Balaban J connectivity index is 2.17. The van der Waals surface area contributed by atoms with E-state index in [2.05, 4.69) is 6.92 Å². The van der Waals surface area contributed by atoms with Gasteiger partial charge in [-0.15, -0.1) is 0 Å². The van der Waals surface area contributed by atoms with Gasteiger partial charge in [0.1, 0.15) is 5.82 Å². The Labute approximate surface area is 122 Å². The molecule has 0 radical (unpaired) electrons. The van der Waals surface area contributed by atoms with Crippen molar-refractivity contribution in [1.29, 1.82) is 0 Å². The lowest BCUT2D eigenvalue weighted by Crippen LogP contribution is -2.02. The van der Waals surface area contributed by atoms with Crippen molar-refractivity contribution in [3.05, 3.63) is 35.1 Å². The van der Waals surface area contributed by atoms with E-state index >= 15 is 0 Å². The summed E-state index contributed by atoms with van der Waals surface area (Å²) in [6, 6.07) is 4.84. The van der Waals surface area contributed by atoms with E-state index in [9.17, 15) is 9.18 Å². The van der Waals surface area contributed by atoms with Gasteiger partial charge < -0.3 is 0 Å². The number of ketones is 1. The average Bonchev–Trinajstić information content (AvgIpc) is 2.41. The molecule has 0 saturated heterocycles. The molecule has 1 aromatic carbocycles. The second-order valence-corrected chi connectivity index (χ2v) is 5.63. The quantitative estimate of drug-likeness (QED) is 0.387. The predicted molar refractivity (Wildman–Crippen MR) is 82.7 cm³/mol. The highest BCUT2D eigenvalue weighted by Crippen LogP contribution is 2.15. The summed E-state index contributed by atoms with van der Waals surface area (Å²) < 4.78 is 13.6. The number of hydrogen-bond donors (Lipinski definition) is 0. The average molecular weight is 278 g/mol. The zero-order valence-corrected chi connectivity index (χ0v) is 12.9. The minimum atomic E-state index is -0.380. The number of aryl methyl sites for hydroxylation is 1. The maximum atomic E-state index is 13.6. The number of halogens is 1. The van der Waals surface area contributed by atoms with E-state index in [1.165, 1.54) is 44.6 Å². The molecule has 0 unspecified atom stereocenters. The Hall–Kier alpha value is -1.18. The molecule has 0 aliphatic heterocycles. The molecule has 0 aromatic heterocycles. The highest BCUT2D eigenvalue weighted by Gasteiger charge is 2.10. The van der Waals surface area contributed by atoms with Crippen molar-refractivity contribution >= 4 is 5.78 Å². The number of unbranched alkanes of at least 4 members (excludes halogenated alkanes) is 7. The lowest BCUT2D eigenvalue weighted by Gasteiger charge is -2.04. The zero-order chi connectivity index (χ0) is 14.8. The van der Waals surface area contributed by atoms with E-state index in [0.29, 0.717) is 6.42 Å². The minimum absolute atomic E-state index is 0.0616. The van der Waals surface area contributed by atoms with Crippen LogP contribution in [0.25, 0.3) is 0 Å². The lowest BCUT2D eigenvalue weighted by molar-refractivity contribution is 0.0975. The molecule has 2 heteroatoms. The molecule has 112 valence electrons. The van der Waals surface area contributed by atoms with Gasteiger partial charge in [-0.05, 0) is 31.0 Å². The predicted octanol–water partition coefficient (Wildman–Crippen LogP) is 5.85. The second-order valence-electron chi connectivity index (χ2n) is 5.63. The number of rotatable bonds is 10. The van der Waals surface area contributed by atoms with Gasteiger partial charge >= 0.3 is 0 Å². The highest BCUT2D eigenvalue weighted by atomic mass is 19.1. The molecule has 0 aliphatic carbocycles. The molecule has 0 amide bonds. The van der Waals surface area contributed by atoms with Gasteiger partial charge in [0, 0.05) is 6.42 Å². The van der Waals surface area contributed by atoms with E-state index in [1.807, 2.05) is 6.92 Å². The fraction of sp³-hybridized carbons (Fsp3) is 0.611. The molecule has 0 atom stereocenters. The van der Waals surface area contributed by atoms with Crippen molar-refractivity contribution in [2.75, 3.05) is 0 Å². The Bertz CT molecular complexity index is 412. The summed E-state index contributed by atoms with van der Waals surface area (Å²) in [5, 5.41) is 0. The molecular weight excluding hydrogens is 251 g/mol. The van der Waals surface area contributed by atoms with Crippen LogP contribution in [0.2, 0.25) is 0 Å². The second kappa shape index (κ2) is 9.68. The molecule has 0 saturated carbocycles. The van der Waals surface area contributed by atoms with Crippen LogP contribution in [0.5, 0.6) is 0 Å². The molecule has 1 aromatic rings. The Morgan fingerprint density at radius 2 is 1.60 bits per heavy atom. The van der Waals surface area contributed by atoms with Gasteiger partial charge in [0.05, 0.1) is 5.56 Å². The summed E-state index contributed by atoms with van der Waals surface area (Å²) in [4.78, 5) is 11.9. The van der Waals surface area contributed by atoms with Crippen LogP contribution in [0, 0.1) is 12.7 Å². The lowest BCUT2D eigenvalue weighted by atomic mass is 10.0. The van der Waals surface area contributed by atoms with Crippen molar-refractivity contribution in [3.63, 3.8) is 0 Å². The Morgan fingerprint density at radius 1 is 1.00 bits per heavy atom. The van der Waals surface area contributed by atoms with E-state index in [-0.39, 0.29) is 17.2 Å². The fourth-order valence-electron chi connectivity index (χ4n) is 2.40. The molecular formula is C18H27FO. The van der Waals surface area contributed by atoms with Gasteiger partial charge in [-0.1, -0.05) is 57.9 Å². The summed E-state index contributed by atoms with van der Waals surface area (Å²) in [6.45, 7) is 4.05. The van der Waals surface area contributed by atoms with Gasteiger partial charge in [-0.3, -0.25) is 4.79 Å². The third-order valence-electron chi connectivity index (χ3n) is 3.68. The number of benzene rings is 1. The monoisotopic (exact) mass is 278 g/mol. The van der Waals surface area contributed by atoms with Crippen LogP contribution >= 0.6 is 0 Å². The smallest absolute Gasteiger partial charge is 0.165 e. The molecule has 1 rings (SSSR count). The van der Waals surface area contributed by atoms with Gasteiger partial charge in [0.2, 0.25) is 0 Å².